The largest absolute Gasteiger partial charge is 0.338 e. The predicted octanol–water partition coefficient (Wildman–Crippen LogP) is 4.99. The molecule has 0 saturated carbocycles. The van der Waals surface area contributed by atoms with Crippen molar-refractivity contribution in [3.63, 3.8) is 0 Å². The zero-order chi connectivity index (χ0) is 17.8. The third kappa shape index (κ3) is 3.99. The molecule has 3 rings (SSSR count). The molecule has 3 nitrogen and oxygen atoms in total. The molecule has 1 heterocycles. The molecule has 1 atom stereocenters. The van der Waals surface area contributed by atoms with Crippen molar-refractivity contribution in [3.05, 3.63) is 70.9 Å². The molecule has 25 heavy (non-hydrogen) atoms. The van der Waals surface area contributed by atoms with Crippen LogP contribution in [0.15, 0.2) is 53.9 Å². The van der Waals surface area contributed by atoms with Crippen molar-refractivity contribution >= 4 is 27.5 Å². The van der Waals surface area contributed by atoms with Crippen LogP contribution in [0.3, 0.4) is 0 Å². The predicted molar refractivity (Wildman–Crippen MR) is 102 cm³/mol. The van der Waals surface area contributed by atoms with Gasteiger partial charge in [-0.05, 0) is 53.4 Å². The molecule has 0 fully saturated rings. The van der Waals surface area contributed by atoms with Gasteiger partial charge >= 0.3 is 6.03 Å². The third-order valence-corrected chi connectivity index (χ3v) is 5.50. The van der Waals surface area contributed by atoms with Crippen LogP contribution >= 0.6 is 11.3 Å². The van der Waals surface area contributed by atoms with Crippen LogP contribution in [0.2, 0.25) is 0 Å². The van der Waals surface area contributed by atoms with E-state index in [1.165, 1.54) is 27.8 Å². The number of amides is 2. The molecule has 1 unspecified atom stereocenters. The molecule has 0 saturated heterocycles. The molecular formula is C20H21FN2OS. The van der Waals surface area contributed by atoms with Crippen molar-refractivity contribution in [3.8, 4) is 0 Å². The Hall–Kier alpha value is -2.40. The topological polar surface area (TPSA) is 32.3 Å². The number of hydrogen-bond donors (Lipinski definition) is 1. The van der Waals surface area contributed by atoms with Crippen molar-refractivity contribution in [2.45, 2.75) is 19.4 Å². The Kier molecular flexibility index (Phi) is 5.34. The molecule has 5 heteroatoms. The highest BCUT2D eigenvalue weighted by atomic mass is 32.1. The molecule has 130 valence electrons. The molecule has 2 aromatic carbocycles. The summed E-state index contributed by atoms with van der Waals surface area (Å²) in [5.74, 6) is -0.272. The fourth-order valence-electron chi connectivity index (χ4n) is 2.80. The lowest BCUT2D eigenvalue weighted by molar-refractivity contribution is 0.194. The van der Waals surface area contributed by atoms with Gasteiger partial charge in [-0.15, -0.1) is 11.3 Å². The van der Waals surface area contributed by atoms with Gasteiger partial charge in [-0.25, -0.2) is 9.18 Å². The summed E-state index contributed by atoms with van der Waals surface area (Å²) in [4.78, 5) is 14.0. The van der Waals surface area contributed by atoms with Crippen molar-refractivity contribution < 1.29 is 9.18 Å². The van der Waals surface area contributed by atoms with E-state index in [0.29, 0.717) is 6.54 Å². The fourth-order valence-corrected chi connectivity index (χ4v) is 3.79. The highest BCUT2D eigenvalue weighted by Crippen LogP contribution is 2.25. The van der Waals surface area contributed by atoms with E-state index in [-0.39, 0.29) is 17.9 Å². The average molecular weight is 356 g/mol. The number of benzene rings is 2. The molecule has 2 amide bonds. The van der Waals surface area contributed by atoms with E-state index in [0.717, 1.165) is 12.0 Å². The molecule has 0 aliphatic carbocycles. The number of hydrogen-bond acceptors (Lipinski definition) is 2. The van der Waals surface area contributed by atoms with Gasteiger partial charge in [0.05, 0.1) is 6.04 Å². The standard InChI is InChI=1S/C20H21FN2OS/c1-14(15-7-9-17(21)10-8-15)23(2)20(24)22-12-11-16-13-25-19-6-4-3-5-18(16)19/h3-10,13-14H,11-12H2,1-2H3,(H,22,24). The van der Waals surface area contributed by atoms with E-state index in [9.17, 15) is 9.18 Å². The van der Waals surface area contributed by atoms with Crippen LogP contribution in [0.25, 0.3) is 10.1 Å². The smallest absolute Gasteiger partial charge is 0.317 e. The van der Waals surface area contributed by atoms with Gasteiger partial charge in [-0.1, -0.05) is 30.3 Å². The minimum Gasteiger partial charge on any atom is -0.338 e. The summed E-state index contributed by atoms with van der Waals surface area (Å²) in [5, 5.41) is 6.38. The monoisotopic (exact) mass is 356 g/mol. The highest BCUT2D eigenvalue weighted by molar-refractivity contribution is 7.17. The van der Waals surface area contributed by atoms with Crippen molar-refractivity contribution in [2.75, 3.05) is 13.6 Å². The van der Waals surface area contributed by atoms with Crippen LogP contribution in [0, 0.1) is 5.82 Å². The number of halogens is 1. The maximum absolute atomic E-state index is 13.0. The van der Waals surface area contributed by atoms with Gasteiger partial charge < -0.3 is 10.2 Å². The molecule has 0 bridgehead atoms. The third-order valence-electron chi connectivity index (χ3n) is 4.49. The summed E-state index contributed by atoms with van der Waals surface area (Å²) in [7, 11) is 1.75. The van der Waals surface area contributed by atoms with Gasteiger partial charge in [0.2, 0.25) is 0 Å². The van der Waals surface area contributed by atoms with E-state index in [1.807, 2.05) is 19.1 Å². The Morgan fingerprint density at radius 2 is 1.92 bits per heavy atom. The van der Waals surface area contributed by atoms with Crippen molar-refractivity contribution in [1.29, 1.82) is 0 Å². The Morgan fingerprint density at radius 1 is 1.20 bits per heavy atom. The van der Waals surface area contributed by atoms with Gasteiger partial charge in [0, 0.05) is 18.3 Å². The molecule has 0 aliphatic heterocycles. The Labute approximate surface area is 151 Å². The molecule has 1 N–H and O–H groups in total. The number of fused-ring (bicyclic) bond motifs is 1. The lowest BCUT2D eigenvalue weighted by Crippen LogP contribution is -2.39. The lowest BCUT2D eigenvalue weighted by Gasteiger charge is -2.25. The number of urea groups is 1. The highest BCUT2D eigenvalue weighted by Gasteiger charge is 2.17. The lowest BCUT2D eigenvalue weighted by atomic mass is 10.1. The average Bonchev–Trinajstić information content (AvgIpc) is 3.04. The number of thiophene rings is 1. The number of carbonyl (C=O) groups is 1. The number of carbonyl (C=O) groups excluding carboxylic acids is 1. The number of nitrogens with zero attached hydrogens (tertiary/aromatic N) is 1. The van der Waals surface area contributed by atoms with E-state index in [1.54, 1.807) is 35.4 Å². The van der Waals surface area contributed by atoms with Crippen LogP contribution < -0.4 is 5.32 Å². The minimum atomic E-state index is -0.272. The Balaban J connectivity index is 1.55. The quantitative estimate of drug-likeness (QED) is 0.686. The van der Waals surface area contributed by atoms with Crippen LogP contribution in [0.4, 0.5) is 9.18 Å². The van der Waals surface area contributed by atoms with Crippen molar-refractivity contribution in [2.24, 2.45) is 0 Å². The van der Waals surface area contributed by atoms with E-state index in [2.05, 4.69) is 22.8 Å². The van der Waals surface area contributed by atoms with Gasteiger partial charge in [0.15, 0.2) is 0 Å². The van der Waals surface area contributed by atoms with Crippen molar-refractivity contribution in [1.82, 2.24) is 10.2 Å². The zero-order valence-corrected chi connectivity index (χ0v) is 15.1. The second kappa shape index (κ2) is 7.66. The molecule has 0 spiro atoms. The Morgan fingerprint density at radius 3 is 2.68 bits per heavy atom. The van der Waals surface area contributed by atoms with Gasteiger partial charge in [0.25, 0.3) is 0 Å². The Bertz CT molecular complexity index is 860. The maximum Gasteiger partial charge on any atom is 0.317 e. The van der Waals surface area contributed by atoms with Crippen LogP contribution in [0.5, 0.6) is 0 Å². The molecule has 0 radical (unpaired) electrons. The summed E-state index contributed by atoms with van der Waals surface area (Å²) in [6.07, 6.45) is 0.800. The number of nitrogens with one attached hydrogen (secondary N) is 1. The first kappa shape index (κ1) is 17.4. The van der Waals surface area contributed by atoms with Gasteiger partial charge in [0.1, 0.15) is 5.82 Å². The number of rotatable bonds is 5. The van der Waals surface area contributed by atoms with Gasteiger partial charge in [-0.3, -0.25) is 0 Å². The first-order chi connectivity index (χ1) is 12.1. The molecular weight excluding hydrogens is 335 g/mol. The normalized spacial score (nSPS) is 12.1. The summed E-state index contributed by atoms with van der Waals surface area (Å²) in [5.41, 5.74) is 2.16. The maximum atomic E-state index is 13.0. The summed E-state index contributed by atoms with van der Waals surface area (Å²) in [6.45, 7) is 2.51. The first-order valence-corrected chi connectivity index (χ1v) is 9.15. The second-order valence-corrected chi connectivity index (χ2v) is 6.99. The summed E-state index contributed by atoms with van der Waals surface area (Å²) < 4.78 is 14.3. The summed E-state index contributed by atoms with van der Waals surface area (Å²) >= 11 is 1.73. The van der Waals surface area contributed by atoms with E-state index in [4.69, 9.17) is 0 Å². The second-order valence-electron chi connectivity index (χ2n) is 6.08. The zero-order valence-electron chi connectivity index (χ0n) is 14.3. The van der Waals surface area contributed by atoms with E-state index >= 15 is 0 Å². The van der Waals surface area contributed by atoms with E-state index < -0.39 is 0 Å². The van der Waals surface area contributed by atoms with Gasteiger partial charge in [-0.2, -0.15) is 0 Å². The molecule has 3 aromatic rings. The van der Waals surface area contributed by atoms with Crippen LogP contribution in [0.1, 0.15) is 24.1 Å². The molecule has 1 aromatic heterocycles. The SMILES string of the molecule is CC(c1ccc(F)cc1)N(C)C(=O)NCCc1csc2ccccc12. The molecule has 0 aliphatic rings. The summed E-state index contributed by atoms with van der Waals surface area (Å²) in [6, 6.07) is 14.3. The minimum absolute atomic E-state index is 0.123. The first-order valence-electron chi connectivity index (χ1n) is 8.27. The van der Waals surface area contributed by atoms with Crippen LogP contribution in [-0.4, -0.2) is 24.5 Å². The van der Waals surface area contributed by atoms with Crippen LogP contribution in [-0.2, 0) is 6.42 Å². The fraction of sp³-hybridized carbons (Fsp3) is 0.250.